The molecule has 0 fully saturated rings. The van der Waals surface area contributed by atoms with Crippen LogP contribution in [-0.2, 0) is 11.4 Å². The number of carboxylic acids is 1. The summed E-state index contributed by atoms with van der Waals surface area (Å²) >= 11 is 3.34. The number of aromatic nitrogens is 1. The van der Waals surface area contributed by atoms with E-state index in [0.29, 0.717) is 21.5 Å². The molecule has 0 unspecified atom stereocenters. The van der Waals surface area contributed by atoms with E-state index in [4.69, 9.17) is 14.4 Å². The average Bonchev–Trinajstić information content (AvgIpc) is 2.91. The van der Waals surface area contributed by atoms with Gasteiger partial charge in [-0.3, -0.25) is 4.79 Å². The number of nitrogens with zero attached hydrogens (tertiary/aromatic N) is 1. The van der Waals surface area contributed by atoms with Gasteiger partial charge in [-0.2, -0.15) is 0 Å². The Morgan fingerprint density at radius 3 is 2.62 bits per heavy atom. The zero-order valence-corrected chi connectivity index (χ0v) is 15.0. The van der Waals surface area contributed by atoms with Crippen molar-refractivity contribution in [1.82, 2.24) is 10.5 Å². The van der Waals surface area contributed by atoms with Crippen LogP contribution in [0.2, 0.25) is 0 Å². The highest BCUT2D eigenvalue weighted by Crippen LogP contribution is 2.27. The second-order valence-corrected chi connectivity index (χ2v) is 6.61. The summed E-state index contributed by atoms with van der Waals surface area (Å²) in [5.41, 5.74) is -0.275. The number of amides is 1. The largest absolute Gasteiger partial charge is 0.484 e. The second kappa shape index (κ2) is 7.04. The zero-order chi connectivity index (χ0) is 17.9. The van der Waals surface area contributed by atoms with E-state index in [2.05, 4.69) is 26.4 Å². The maximum Gasteiger partial charge on any atom is 0.328 e. The molecule has 2 rings (SSSR count). The van der Waals surface area contributed by atoms with E-state index in [0.717, 1.165) is 5.69 Å². The number of aliphatic carboxylic acids is 1. The van der Waals surface area contributed by atoms with Gasteiger partial charge in [0.2, 0.25) is 0 Å². The monoisotopic (exact) mass is 396 g/mol. The number of carboxylic acid groups (broad SMARTS) is 1. The average molecular weight is 397 g/mol. The predicted molar refractivity (Wildman–Crippen MR) is 88.9 cm³/mol. The van der Waals surface area contributed by atoms with Gasteiger partial charge in [0.15, 0.2) is 5.76 Å². The molecule has 1 amide bonds. The van der Waals surface area contributed by atoms with Crippen molar-refractivity contribution >= 4 is 27.8 Å². The van der Waals surface area contributed by atoms with E-state index in [1.165, 1.54) is 13.8 Å². The number of rotatable bonds is 6. The first-order valence-electron chi connectivity index (χ1n) is 7.09. The highest BCUT2D eigenvalue weighted by atomic mass is 79.9. The lowest BCUT2D eigenvalue weighted by molar-refractivity contribution is -0.143. The molecule has 0 aliphatic rings. The van der Waals surface area contributed by atoms with Gasteiger partial charge in [0.1, 0.15) is 17.9 Å². The number of carbonyl (C=O) groups is 2. The Labute approximate surface area is 147 Å². The van der Waals surface area contributed by atoms with E-state index < -0.39 is 17.4 Å². The molecule has 0 bridgehead atoms. The number of benzene rings is 1. The van der Waals surface area contributed by atoms with Crippen molar-refractivity contribution in [3.63, 3.8) is 0 Å². The molecule has 2 aromatic rings. The Morgan fingerprint density at radius 1 is 1.38 bits per heavy atom. The lowest BCUT2D eigenvalue weighted by Crippen LogP contribution is -2.49. The summed E-state index contributed by atoms with van der Waals surface area (Å²) in [7, 11) is 0. The van der Waals surface area contributed by atoms with Crippen LogP contribution in [0, 0.1) is 6.92 Å². The lowest BCUT2D eigenvalue weighted by atomic mass is 10.1. The minimum atomic E-state index is -1.36. The Bertz CT molecular complexity index is 770. The summed E-state index contributed by atoms with van der Waals surface area (Å²) in [6.07, 6.45) is 0. The highest BCUT2D eigenvalue weighted by Gasteiger charge is 2.29. The van der Waals surface area contributed by atoms with Gasteiger partial charge in [0.25, 0.3) is 5.91 Å². The van der Waals surface area contributed by atoms with Gasteiger partial charge in [-0.05, 0) is 54.9 Å². The van der Waals surface area contributed by atoms with Crippen LogP contribution in [0.5, 0.6) is 5.75 Å². The summed E-state index contributed by atoms with van der Waals surface area (Å²) in [6.45, 7) is 4.85. The smallest absolute Gasteiger partial charge is 0.328 e. The molecule has 1 aromatic heterocycles. The van der Waals surface area contributed by atoms with Crippen molar-refractivity contribution in [2.24, 2.45) is 0 Å². The molecule has 0 aliphatic carbocycles. The molecular weight excluding hydrogens is 380 g/mol. The van der Waals surface area contributed by atoms with Crippen LogP contribution in [0.15, 0.2) is 33.3 Å². The van der Waals surface area contributed by atoms with Crippen LogP contribution < -0.4 is 10.1 Å². The van der Waals surface area contributed by atoms with Crippen molar-refractivity contribution in [3.8, 4) is 5.75 Å². The summed E-state index contributed by atoms with van der Waals surface area (Å²) in [5, 5.41) is 15.3. The first-order valence-corrected chi connectivity index (χ1v) is 7.89. The van der Waals surface area contributed by atoms with Crippen LogP contribution in [0.25, 0.3) is 0 Å². The van der Waals surface area contributed by atoms with Gasteiger partial charge < -0.3 is 19.7 Å². The van der Waals surface area contributed by atoms with E-state index in [9.17, 15) is 9.59 Å². The summed E-state index contributed by atoms with van der Waals surface area (Å²) in [4.78, 5) is 23.2. The standard InChI is InChI=1S/C16H17BrN2O5/c1-9-6-11(24-19-9)8-23-13-5-4-10(7-12(13)17)14(20)18-16(2,3)15(21)22/h4-7H,8H2,1-3H3,(H,18,20)(H,21,22). The van der Waals surface area contributed by atoms with Crippen molar-refractivity contribution in [3.05, 3.63) is 45.8 Å². The first-order chi connectivity index (χ1) is 11.2. The summed E-state index contributed by atoms with van der Waals surface area (Å²) in [5.74, 6) is -0.486. The van der Waals surface area contributed by atoms with Crippen LogP contribution in [0.4, 0.5) is 0 Å². The van der Waals surface area contributed by atoms with Crippen LogP contribution in [-0.4, -0.2) is 27.7 Å². The fourth-order valence-corrected chi connectivity index (χ4v) is 2.30. The van der Waals surface area contributed by atoms with Crippen molar-refractivity contribution in [1.29, 1.82) is 0 Å². The van der Waals surface area contributed by atoms with Crippen molar-refractivity contribution in [2.45, 2.75) is 32.9 Å². The molecule has 128 valence electrons. The van der Waals surface area contributed by atoms with E-state index in [1.54, 1.807) is 24.3 Å². The number of ether oxygens (including phenoxy) is 1. The van der Waals surface area contributed by atoms with Crippen molar-refractivity contribution < 1.29 is 24.0 Å². The maximum absolute atomic E-state index is 12.2. The minimum absolute atomic E-state index is 0.205. The minimum Gasteiger partial charge on any atom is -0.484 e. The molecule has 7 nitrogen and oxygen atoms in total. The van der Waals surface area contributed by atoms with Gasteiger partial charge in [-0.25, -0.2) is 4.79 Å². The molecule has 0 saturated heterocycles. The van der Waals surface area contributed by atoms with E-state index >= 15 is 0 Å². The molecule has 0 radical (unpaired) electrons. The molecule has 24 heavy (non-hydrogen) atoms. The Hall–Kier alpha value is -2.35. The van der Waals surface area contributed by atoms with Crippen LogP contribution in [0.1, 0.15) is 35.7 Å². The summed E-state index contributed by atoms with van der Waals surface area (Å²) < 4.78 is 11.2. The van der Waals surface area contributed by atoms with Gasteiger partial charge in [0, 0.05) is 11.6 Å². The van der Waals surface area contributed by atoms with Crippen molar-refractivity contribution in [2.75, 3.05) is 0 Å². The SMILES string of the molecule is Cc1cc(COc2ccc(C(=O)NC(C)(C)C(=O)O)cc2Br)on1. The third kappa shape index (κ3) is 4.35. The molecular formula is C16H17BrN2O5. The van der Waals surface area contributed by atoms with Crippen LogP contribution in [0.3, 0.4) is 0 Å². The highest BCUT2D eigenvalue weighted by molar-refractivity contribution is 9.10. The topological polar surface area (TPSA) is 102 Å². The summed E-state index contributed by atoms with van der Waals surface area (Å²) in [6, 6.07) is 6.51. The fourth-order valence-electron chi connectivity index (χ4n) is 1.80. The van der Waals surface area contributed by atoms with Gasteiger partial charge >= 0.3 is 5.97 Å². The van der Waals surface area contributed by atoms with Gasteiger partial charge in [0.05, 0.1) is 10.2 Å². The number of halogens is 1. The zero-order valence-electron chi connectivity index (χ0n) is 13.4. The Morgan fingerprint density at radius 2 is 2.08 bits per heavy atom. The second-order valence-electron chi connectivity index (χ2n) is 5.75. The number of hydrogen-bond donors (Lipinski definition) is 2. The van der Waals surface area contributed by atoms with Gasteiger partial charge in [-0.1, -0.05) is 5.16 Å². The predicted octanol–water partition coefficient (Wildman–Crippen LogP) is 2.92. The maximum atomic E-state index is 12.2. The molecule has 0 aliphatic heterocycles. The molecule has 1 heterocycles. The normalized spacial score (nSPS) is 11.2. The number of nitrogens with one attached hydrogen (secondary N) is 1. The van der Waals surface area contributed by atoms with E-state index in [1.807, 2.05) is 6.92 Å². The Balaban J connectivity index is 2.06. The molecule has 2 N–H and O–H groups in total. The molecule has 8 heteroatoms. The number of aryl methyl sites for hydroxylation is 1. The molecule has 1 aromatic carbocycles. The number of hydrogen-bond acceptors (Lipinski definition) is 5. The van der Waals surface area contributed by atoms with Gasteiger partial charge in [-0.15, -0.1) is 0 Å². The van der Waals surface area contributed by atoms with E-state index in [-0.39, 0.29) is 6.61 Å². The van der Waals surface area contributed by atoms with Crippen LogP contribution >= 0.6 is 15.9 Å². The third-order valence-electron chi connectivity index (χ3n) is 3.20. The molecule has 0 saturated carbocycles. The quantitative estimate of drug-likeness (QED) is 0.777. The number of carbonyl (C=O) groups excluding carboxylic acids is 1. The Kier molecular flexibility index (Phi) is 5.28. The molecule has 0 spiro atoms. The fraction of sp³-hybridized carbons (Fsp3) is 0.312. The molecule has 0 atom stereocenters. The lowest BCUT2D eigenvalue weighted by Gasteiger charge is -2.21. The third-order valence-corrected chi connectivity index (χ3v) is 3.82. The first kappa shape index (κ1) is 18.0.